The Morgan fingerprint density at radius 2 is 1.92 bits per heavy atom. The monoisotopic (exact) mass is 468 g/mol. The summed E-state index contributed by atoms with van der Waals surface area (Å²) in [7, 11) is 0. The average molecular weight is 468 g/mol. The van der Waals surface area contributed by atoms with Gasteiger partial charge >= 0.3 is 152 Å². The van der Waals surface area contributed by atoms with Gasteiger partial charge in [0.1, 0.15) is 0 Å². The van der Waals surface area contributed by atoms with Crippen molar-refractivity contribution in [2.75, 3.05) is 4.43 Å². The van der Waals surface area contributed by atoms with E-state index in [4.69, 9.17) is 0 Å². The van der Waals surface area contributed by atoms with E-state index in [1.807, 2.05) is 13.8 Å². The van der Waals surface area contributed by atoms with Gasteiger partial charge in [0, 0.05) is 0 Å². The zero-order valence-electron chi connectivity index (χ0n) is 16.4. The minimum absolute atomic E-state index is 0.0395. The molecule has 0 bridgehead atoms. The summed E-state index contributed by atoms with van der Waals surface area (Å²) in [5, 5.41) is 9.68. The molecule has 5 rings (SSSR count). The maximum atomic E-state index is 11.8. The van der Waals surface area contributed by atoms with Crippen LogP contribution in [0.25, 0.3) is 0 Å². The van der Waals surface area contributed by atoms with Gasteiger partial charge in [0.15, 0.2) is 0 Å². The number of fused-ring (bicyclic) bond motifs is 5. The predicted octanol–water partition coefficient (Wildman–Crippen LogP) is 6.15. The fourth-order valence-corrected chi connectivity index (χ4v) is 16.3. The molecule has 1 aromatic carbocycles. The molecule has 2 saturated heterocycles. The van der Waals surface area contributed by atoms with Gasteiger partial charge < -0.3 is 0 Å². The van der Waals surface area contributed by atoms with Crippen LogP contribution in [-0.2, 0) is 11.2 Å². The van der Waals surface area contributed by atoms with Gasteiger partial charge in [0.05, 0.1) is 0 Å². The number of hydrogen-bond donors (Lipinski definition) is 1. The quantitative estimate of drug-likeness (QED) is 0.418. The van der Waals surface area contributed by atoms with Gasteiger partial charge in [0.25, 0.3) is 0 Å². The van der Waals surface area contributed by atoms with Crippen molar-refractivity contribution in [2.45, 2.75) is 84.9 Å². The van der Waals surface area contributed by atoms with E-state index in [0.29, 0.717) is 0 Å². The summed E-state index contributed by atoms with van der Waals surface area (Å²) in [6.45, 7) is 6.35. The summed E-state index contributed by atoms with van der Waals surface area (Å²) in [5.41, 5.74) is 4.86. The number of carboxylic acid groups (broad SMARTS) is 1. The molecule has 2 heterocycles. The fraction of sp³-hybridized carbons (Fsp3) is 0.696. The van der Waals surface area contributed by atoms with E-state index in [2.05, 4.69) is 25.1 Å². The molecular formula is C23H33IO2. The molecule has 1 saturated carbocycles. The van der Waals surface area contributed by atoms with Crippen molar-refractivity contribution in [3.63, 3.8) is 0 Å². The van der Waals surface area contributed by atoms with E-state index in [1.54, 1.807) is 16.7 Å². The normalized spacial score (nSPS) is 36.3. The summed E-state index contributed by atoms with van der Waals surface area (Å²) in [6, 6.07) is 7.39. The second kappa shape index (κ2) is 7.10. The van der Waals surface area contributed by atoms with E-state index < -0.39 is 25.8 Å². The van der Waals surface area contributed by atoms with Gasteiger partial charge in [-0.2, -0.15) is 0 Å². The molecule has 3 heteroatoms. The number of carbonyl (C=O) groups is 1. The molecule has 1 N–H and O–H groups in total. The summed E-state index contributed by atoms with van der Waals surface area (Å²) in [5.74, 6) is 1.06. The van der Waals surface area contributed by atoms with E-state index in [0.717, 1.165) is 22.2 Å². The average Bonchev–Trinajstić information content (AvgIpc) is 3.43. The molecule has 0 spiro atoms. The summed E-state index contributed by atoms with van der Waals surface area (Å²) >= 11 is -1.23. The van der Waals surface area contributed by atoms with Crippen molar-refractivity contribution >= 4 is 25.8 Å². The van der Waals surface area contributed by atoms with Crippen molar-refractivity contribution in [1.82, 2.24) is 0 Å². The molecule has 3 fully saturated rings. The molecular weight excluding hydrogens is 435 g/mol. The summed E-state index contributed by atoms with van der Waals surface area (Å²) in [4.78, 5) is 11.8. The van der Waals surface area contributed by atoms with Crippen molar-refractivity contribution in [3.8, 4) is 0 Å². The van der Waals surface area contributed by atoms with Gasteiger partial charge in [-0.05, 0) is 0 Å². The van der Waals surface area contributed by atoms with E-state index in [-0.39, 0.29) is 9.34 Å². The fourth-order valence-electron chi connectivity index (χ4n) is 5.70. The Bertz CT molecular complexity index is 695. The van der Waals surface area contributed by atoms with Crippen LogP contribution in [0.15, 0.2) is 18.2 Å². The van der Waals surface area contributed by atoms with Crippen LogP contribution in [0.1, 0.15) is 87.8 Å². The van der Waals surface area contributed by atoms with Crippen molar-refractivity contribution in [1.29, 1.82) is 0 Å². The zero-order valence-corrected chi connectivity index (χ0v) is 18.6. The van der Waals surface area contributed by atoms with Crippen molar-refractivity contribution in [2.24, 2.45) is 5.92 Å². The third kappa shape index (κ3) is 2.93. The van der Waals surface area contributed by atoms with Crippen LogP contribution >= 0.6 is 19.8 Å². The minimum atomic E-state index is -1.23. The van der Waals surface area contributed by atoms with Gasteiger partial charge in [-0.25, -0.2) is 0 Å². The first-order valence-electron chi connectivity index (χ1n) is 10.6. The van der Waals surface area contributed by atoms with E-state index >= 15 is 0 Å². The Morgan fingerprint density at radius 3 is 2.62 bits per heavy atom. The van der Waals surface area contributed by atoms with Crippen molar-refractivity contribution in [3.05, 3.63) is 34.9 Å². The van der Waals surface area contributed by atoms with Gasteiger partial charge in [-0.15, -0.1) is 0 Å². The molecule has 2 aliphatic heterocycles. The molecule has 4 unspecified atom stereocenters. The Labute approximate surface area is 165 Å². The molecule has 2 nitrogen and oxygen atoms in total. The van der Waals surface area contributed by atoms with Crippen LogP contribution in [0, 0.1) is 5.92 Å². The third-order valence-corrected chi connectivity index (χ3v) is 16.9. The summed E-state index contributed by atoms with van der Waals surface area (Å²) < 4.78 is 2.35. The van der Waals surface area contributed by atoms with Crippen LogP contribution in [0.5, 0.6) is 0 Å². The van der Waals surface area contributed by atoms with Crippen LogP contribution < -0.4 is 0 Å². The Hall–Kier alpha value is -0.580. The zero-order chi connectivity index (χ0) is 18.5. The van der Waals surface area contributed by atoms with Crippen LogP contribution in [0.4, 0.5) is 0 Å². The van der Waals surface area contributed by atoms with E-state index in [9.17, 15) is 9.90 Å². The Morgan fingerprint density at radius 1 is 1.15 bits per heavy atom. The Balaban J connectivity index is 0.000000814. The number of carboxylic acids is 1. The second-order valence-corrected chi connectivity index (χ2v) is 15.9. The number of aryl methyl sites for hydroxylation is 1. The predicted molar refractivity (Wildman–Crippen MR) is 117 cm³/mol. The van der Waals surface area contributed by atoms with Crippen molar-refractivity contribution < 1.29 is 9.90 Å². The molecule has 26 heavy (non-hydrogen) atoms. The van der Waals surface area contributed by atoms with Crippen LogP contribution in [0.3, 0.4) is 0 Å². The molecule has 4 atom stereocenters. The number of benzene rings is 1. The van der Waals surface area contributed by atoms with Gasteiger partial charge in [-0.1, -0.05) is 13.8 Å². The SMILES string of the molecule is CC.CC12CCC3c4ccc(C5CC5)cc4CCC3I1CCC2C(=O)O. The molecule has 4 aliphatic rings. The van der Waals surface area contributed by atoms with E-state index in [1.165, 1.54) is 43.0 Å². The molecule has 144 valence electrons. The first-order valence-corrected chi connectivity index (χ1v) is 14.4. The number of aliphatic carboxylic acids is 1. The molecule has 0 aromatic heterocycles. The van der Waals surface area contributed by atoms with Crippen LogP contribution in [0.2, 0.25) is 0 Å². The second-order valence-electron chi connectivity index (χ2n) is 8.48. The summed E-state index contributed by atoms with van der Waals surface area (Å²) in [6.07, 6.45) is 8.73. The van der Waals surface area contributed by atoms with Crippen LogP contribution in [-0.4, -0.2) is 22.8 Å². The van der Waals surface area contributed by atoms with Gasteiger partial charge in [-0.3, -0.25) is 0 Å². The number of halogens is 1. The maximum absolute atomic E-state index is 11.8. The molecule has 0 amide bonds. The molecule has 1 aromatic rings. The molecule has 0 radical (unpaired) electrons. The number of alkyl halides is 3. The molecule has 2 aliphatic carbocycles. The van der Waals surface area contributed by atoms with Gasteiger partial charge in [0.2, 0.25) is 0 Å². The standard InChI is InChI=1S/C21H27IO2.C2H6/c1-21-10-8-17-16-6-4-14(13-2-3-13)12-15(16)5-7-19(17)22(21)11-9-18(21)20(23)24;1-2/h4,6,12-13,17-19H,2-3,5,7-11H2,1H3,(H,23,24);1-2H3. The number of rotatable bonds is 2. The topological polar surface area (TPSA) is 37.3 Å². The first kappa shape index (κ1) is 18.8. The number of hydrogen-bond acceptors (Lipinski definition) is 1. The Kier molecular flexibility index (Phi) is 5.13. The third-order valence-electron chi connectivity index (χ3n) is 7.20. The first-order chi connectivity index (χ1) is 12.6.